The third-order valence-corrected chi connectivity index (χ3v) is 3.14. The van der Waals surface area contributed by atoms with Gasteiger partial charge in [-0.1, -0.05) is 0 Å². The van der Waals surface area contributed by atoms with Gasteiger partial charge >= 0.3 is 6.03 Å². The Bertz CT molecular complexity index is 608. The number of nitrogens with one attached hydrogen (secondary N) is 2. The number of rotatable bonds is 3. The van der Waals surface area contributed by atoms with Crippen molar-refractivity contribution >= 4 is 39.2 Å². The second-order valence-corrected chi connectivity index (χ2v) is 4.92. The number of urea groups is 1. The molecule has 6 nitrogen and oxygen atoms in total. The first-order valence-electron chi connectivity index (χ1n) is 5.25. The van der Waals surface area contributed by atoms with Crippen LogP contribution in [-0.2, 0) is 4.79 Å². The fourth-order valence-corrected chi connectivity index (χ4v) is 2.38. The first-order chi connectivity index (χ1) is 8.54. The molecule has 0 aliphatic rings. The minimum absolute atomic E-state index is 0.00771. The number of aromatic nitrogens is 1. The molecule has 1 aromatic carbocycles. The normalized spacial score (nSPS) is 10.3. The maximum Gasteiger partial charge on any atom is 0.318 e. The molecule has 94 valence electrons. The second kappa shape index (κ2) is 5.01. The predicted molar refractivity (Wildman–Crippen MR) is 70.6 cm³/mol. The Morgan fingerprint density at radius 2 is 2.22 bits per heavy atom. The van der Waals surface area contributed by atoms with E-state index < -0.39 is 11.9 Å². The van der Waals surface area contributed by atoms with Crippen LogP contribution in [0.15, 0.2) is 18.2 Å². The van der Waals surface area contributed by atoms with E-state index in [9.17, 15) is 9.59 Å². The standard InChI is InChI=1S/C11H12N4O2S/c1-6-14-8-3-2-7(4-9(8)18-6)13-5-10(16)15-11(12)17/h2-4,13H,5H2,1H3,(H3,12,15,16,17). The van der Waals surface area contributed by atoms with Crippen LogP contribution in [0.4, 0.5) is 10.5 Å². The van der Waals surface area contributed by atoms with Crippen molar-refractivity contribution in [2.75, 3.05) is 11.9 Å². The van der Waals surface area contributed by atoms with Crippen molar-refractivity contribution in [3.63, 3.8) is 0 Å². The summed E-state index contributed by atoms with van der Waals surface area (Å²) in [6.07, 6.45) is 0. The quantitative estimate of drug-likeness (QED) is 0.776. The Balaban J connectivity index is 2.03. The van der Waals surface area contributed by atoms with Gasteiger partial charge in [0.15, 0.2) is 0 Å². The highest BCUT2D eigenvalue weighted by molar-refractivity contribution is 7.18. The first-order valence-corrected chi connectivity index (χ1v) is 6.06. The summed E-state index contributed by atoms with van der Waals surface area (Å²) in [5.41, 5.74) is 6.57. The molecule has 0 unspecified atom stereocenters. The predicted octanol–water partition coefficient (Wildman–Crippen LogP) is 1.21. The molecule has 4 N–H and O–H groups in total. The number of primary amides is 1. The third-order valence-electron chi connectivity index (χ3n) is 2.21. The molecule has 0 bridgehead atoms. The second-order valence-electron chi connectivity index (χ2n) is 3.68. The Morgan fingerprint density at radius 1 is 1.44 bits per heavy atom. The lowest BCUT2D eigenvalue weighted by Gasteiger charge is -2.05. The van der Waals surface area contributed by atoms with E-state index in [0.717, 1.165) is 20.9 Å². The number of imide groups is 1. The van der Waals surface area contributed by atoms with Gasteiger partial charge in [0.1, 0.15) is 0 Å². The van der Waals surface area contributed by atoms with E-state index in [4.69, 9.17) is 5.73 Å². The lowest BCUT2D eigenvalue weighted by molar-refractivity contribution is -0.118. The maximum absolute atomic E-state index is 11.2. The van der Waals surface area contributed by atoms with E-state index in [0.29, 0.717) is 0 Å². The monoisotopic (exact) mass is 264 g/mol. The number of aryl methyl sites for hydroxylation is 1. The molecule has 2 rings (SSSR count). The fraction of sp³-hybridized carbons (Fsp3) is 0.182. The molecule has 1 aromatic heterocycles. The van der Waals surface area contributed by atoms with Gasteiger partial charge in [-0.25, -0.2) is 9.78 Å². The zero-order chi connectivity index (χ0) is 13.1. The van der Waals surface area contributed by atoms with Gasteiger partial charge in [-0.3, -0.25) is 10.1 Å². The smallest absolute Gasteiger partial charge is 0.318 e. The zero-order valence-electron chi connectivity index (χ0n) is 9.69. The van der Waals surface area contributed by atoms with Crippen LogP contribution >= 0.6 is 11.3 Å². The number of benzene rings is 1. The Labute approximate surface area is 107 Å². The van der Waals surface area contributed by atoms with Crippen molar-refractivity contribution in [1.29, 1.82) is 0 Å². The first kappa shape index (κ1) is 12.3. The number of fused-ring (bicyclic) bond motifs is 1. The van der Waals surface area contributed by atoms with E-state index >= 15 is 0 Å². The molecule has 18 heavy (non-hydrogen) atoms. The van der Waals surface area contributed by atoms with Crippen LogP contribution in [0.25, 0.3) is 10.2 Å². The summed E-state index contributed by atoms with van der Waals surface area (Å²) < 4.78 is 1.05. The Hall–Kier alpha value is -2.15. The molecule has 0 saturated carbocycles. The number of hydrogen-bond donors (Lipinski definition) is 3. The van der Waals surface area contributed by atoms with Crippen LogP contribution in [0.1, 0.15) is 5.01 Å². The number of nitrogens with two attached hydrogens (primary N) is 1. The molecule has 0 aliphatic carbocycles. The lowest BCUT2D eigenvalue weighted by Crippen LogP contribution is -2.38. The van der Waals surface area contributed by atoms with E-state index in [1.165, 1.54) is 0 Å². The van der Waals surface area contributed by atoms with Gasteiger partial charge in [0.2, 0.25) is 5.91 Å². The molecule has 0 aliphatic heterocycles. The summed E-state index contributed by atoms with van der Waals surface area (Å²) in [5, 5.41) is 5.89. The van der Waals surface area contributed by atoms with Crippen LogP contribution in [0.3, 0.4) is 0 Å². The molecular formula is C11H12N4O2S. The number of anilines is 1. The van der Waals surface area contributed by atoms with Gasteiger partial charge in [-0.2, -0.15) is 0 Å². The minimum atomic E-state index is -0.852. The number of carbonyl (C=O) groups excluding carboxylic acids is 2. The van der Waals surface area contributed by atoms with E-state index in [2.05, 4.69) is 10.3 Å². The zero-order valence-corrected chi connectivity index (χ0v) is 10.5. The Morgan fingerprint density at radius 3 is 2.94 bits per heavy atom. The highest BCUT2D eigenvalue weighted by Gasteiger charge is 2.05. The average molecular weight is 264 g/mol. The molecule has 0 saturated heterocycles. The van der Waals surface area contributed by atoms with Crippen molar-refractivity contribution in [3.8, 4) is 0 Å². The molecule has 0 fully saturated rings. The summed E-state index contributed by atoms with van der Waals surface area (Å²) >= 11 is 1.59. The molecule has 0 radical (unpaired) electrons. The third kappa shape index (κ3) is 2.95. The van der Waals surface area contributed by atoms with E-state index in [1.807, 2.05) is 30.4 Å². The lowest BCUT2D eigenvalue weighted by atomic mass is 10.3. The van der Waals surface area contributed by atoms with Gasteiger partial charge in [0.05, 0.1) is 21.8 Å². The van der Waals surface area contributed by atoms with Crippen LogP contribution in [-0.4, -0.2) is 23.5 Å². The molecule has 3 amide bonds. The van der Waals surface area contributed by atoms with Crippen molar-refractivity contribution < 1.29 is 9.59 Å². The van der Waals surface area contributed by atoms with Crippen molar-refractivity contribution in [1.82, 2.24) is 10.3 Å². The van der Waals surface area contributed by atoms with E-state index in [-0.39, 0.29) is 6.54 Å². The number of thiazole rings is 1. The summed E-state index contributed by atoms with van der Waals surface area (Å²) in [5.74, 6) is -0.469. The number of carbonyl (C=O) groups is 2. The van der Waals surface area contributed by atoms with Crippen LogP contribution in [0, 0.1) is 6.92 Å². The minimum Gasteiger partial charge on any atom is -0.376 e. The van der Waals surface area contributed by atoms with Crippen LogP contribution < -0.4 is 16.4 Å². The summed E-state index contributed by atoms with van der Waals surface area (Å²) in [6.45, 7) is 1.93. The summed E-state index contributed by atoms with van der Waals surface area (Å²) in [6, 6.07) is 4.78. The highest BCUT2D eigenvalue weighted by atomic mass is 32.1. The number of nitrogens with zero attached hydrogens (tertiary/aromatic N) is 1. The molecule has 1 heterocycles. The van der Waals surface area contributed by atoms with Gasteiger partial charge in [0.25, 0.3) is 0 Å². The maximum atomic E-state index is 11.2. The number of hydrogen-bond acceptors (Lipinski definition) is 5. The Kier molecular flexibility index (Phi) is 3.42. The topological polar surface area (TPSA) is 97.1 Å². The van der Waals surface area contributed by atoms with Crippen LogP contribution in [0.5, 0.6) is 0 Å². The molecular weight excluding hydrogens is 252 g/mol. The molecule has 0 atom stereocenters. The molecule has 2 aromatic rings. The van der Waals surface area contributed by atoms with Gasteiger partial charge in [-0.05, 0) is 25.1 Å². The van der Waals surface area contributed by atoms with Crippen molar-refractivity contribution in [3.05, 3.63) is 23.2 Å². The largest absolute Gasteiger partial charge is 0.376 e. The van der Waals surface area contributed by atoms with Gasteiger partial charge < -0.3 is 11.1 Å². The summed E-state index contributed by atoms with van der Waals surface area (Å²) in [7, 11) is 0. The van der Waals surface area contributed by atoms with Crippen molar-refractivity contribution in [2.24, 2.45) is 5.73 Å². The number of amides is 3. The van der Waals surface area contributed by atoms with Gasteiger partial charge in [0, 0.05) is 5.69 Å². The SMILES string of the molecule is Cc1nc2ccc(NCC(=O)NC(N)=O)cc2s1. The van der Waals surface area contributed by atoms with Crippen molar-refractivity contribution in [2.45, 2.75) is 6.92 Å². The fourth-order valence-electron chi connectivity index (χ4n) is 1.51. The summed E-state index contributed by atoms with van der Waals surface area (Å²) in [4.78, 5) is 26.0. The van der Waals surface area contributed by atoms with Gasteiger partial charge in [-0.15, -0.1) is 11.3 Å². The van der Waals surface area contributed by atoms with E-state index in [1.54, 1.807) is 11.3 Å². The molecule has 0 spiro atoms. The average Bonchev–Trinajstić information content (AvgIpc) is 2.64. The van der Waals surface area contributed by atoms with Crippen LogP contribution in [0.2, 0.25) is 0 Å². The molecule has 7 heteroatoms. The highest BCUT2D eigenvalue weighted by Crippen LogP contribution is 2.24.